The highest BCUT2D eigenvalue weighted by Gasteiger charge is 2.27. The third kappa shape index (κ3) is 9.39. The monoisotopic (exact) mass is 571 g/mol. The first-order chi connectivity index (χ1) is 17.3. The van der Waals surface area contributed by atoms with Crippen molar-refractivity contribution in [1.82, 2.24) is 10.2 Å². The van der Waals surface area contributed by atoms with Gasteiger partial charge in [-0.2, -0.15) is 0 Å². The van der Waals surface area contributed by atoms with Gasteiger partial charge in [-0.25, -0.2) is 8.42 Å². The zero-order chi connectivity index (χ0) is 27.8. The SMILES string of the molecule is COc1ccc(CN(C(=O)CCCN(c2cc(Cl)ccc2Cl)S(C)(=O)=O)[C@H](C)C(=O)NCC(C)C)cc1. The molecule has 0 heterocycles. The molecule has 204 valence electrons. The molecule has 0 aliphatic heterocycles. The average Bonchev–Trinajstić information content (AvgIpc) is 2.84. The lowest BCUT2D eigenvalue weighted by Crippen LogP contribution is -2.48. The van der Waals surface area contributed by atoms with E-state index in [1.165, 1.54) is 17.0 Å². The Morgan fingerprint density at radius 2 is 1.70 bits per heavy atom. The Balaban J connectivity index is 2.20. The average molecular weight is 573 g/mol. The molecule has 0 aliphatic carbocycles. The minimum Gasteiger partial charge on any atom is -0.497 e. The number of halogens is 2. The lowest BCUT2D eigenvalue weighted by Gasteiger charge is -2.30. The molecular weight excluding hydrogens is 537 g/mol. The molecule has 0 aliphatic rings. The number of sulfonamides is 1. The van der Waals surface area contributed by atoms with Gasteiger partial charge in [-0.3, -0.25) is 13.9 Å². The molecule has 0 saturated heterocycles. The van der Waals surface area contributed by atoms with Gasteiger partial charge in [-0.1, -0.05) is 49.2 Å². The molecule has 0 fully saturated rings. The van der Waals surface area contributed by atoms with E-state index >= 15 is 0 Å². The second-order valence-electron chi connectivity index (χ2n) is 9.22. The van der Waals surface area contributed by atoms with E-state index in [1.807, 2.05) is 26.0 Å². The van der Waals surface area contributed by atoms with Crippen molar-refractivity contribution < 1.29 is 22.7 Å². The first-order valence-electron chi connectivity index (χ1n) is 12.0. The number of nitrogens with zero attached hydrogens (tertiary/aromatic N) is 2. The summed E-state index contributed by atoms with van der Waals surface area (Å²) < 4.78 is 31.3. The Kier molecular flexibility index (Phi) is 11.5. The zero-order valence-corrected chi connectivity index (χ0v) is 24.2. The number of rotatable bonds is 13. The Labute approximate surface area is 229 Å². The summed E-state index contributed by atoms with van der Waals surface area (Å²) in [5.41, 5.74) is 1.08. The predicted octanol–water partition coefficient (Wildman–Crippen LogP) is 4.74. The van der Waals surface area contributed by atoms with Crippen LogP contribution in [0.3, 0.4) is 0 Å². The molecule has 37 heavy (non-hydrogen) atoms. The summed E-state index contributed by atoms with van der Waals surface area (Å²) in [6.07, 6.45) is 1.32. The largest absolute Gasteiger partial charge is 0.497 e. The molecule has 1 atom stereocenters. The number of hydrogen-bond acceptors (Lipinski definition) is 5. The van der Waals surface area contributed by atoms with E-state index in [1.54, 1.807) is 32.2 Å². The molecule has 0 bridgehead atoms. The minimum absolute atomic E-state index is 0.0228. The van der Waals surface area contributed by atoms with Crippen LogP contribution in [0.15, 0.2) is 42.5 Å². The molecule has 1 N–H and O–H groups in total. The number of ether oxygens (including phenoxy) is 1. The lowest BCUT2D eigenvalue weighted by molar-refractivity contribution is -0.140. The van der Waals surface area contributed by atoms with Crippen LogP contribution in [0.25, 0.3) is 0 Å². The molecule has 0 unspecified atom stereocenters. The van der Waals surface area contributed by atoms with Gasteiger partial charge < -0.3 is 15.0 Å². The van der Waals surface area contributed by atoms with Crippen LogP contribution in [0.2, 0.25) is 10.0 Å². The van der Waals surface area contributed by atoms with Crippen molar-refractivity contribution in [2.45, 2.75) is 46.2 Å². The number of anilines is 1. The van der Waals surface area contributed by atoms with E-state index in [2.05, 4.69) is 5.32 Å². The van der Waals surface area contributed by atoms with Gasteiger partial charge in [0.1, 0.15) is 11.8 Å². The molecule has 11 heteroatoms. The third-order valence-electron chi connectivity index (χ3n) is 5.69. The number of hydrogen-bond donors (Lipinski definition) is 1. The number of nitrogens with one attached hydrogen (secondary N) is 1. The van der Waals surface area contributed by atoms with Gasteiger partial charge in [-0.15, -0.1) is 0 Å². The summed E-state index contributed by atoms with van der Waals surface area (Å²) in [5.74, 6) is 0.430. The third-order valence-corrected chi connectivity index (χ3v) is 7.43. The Bertz CT molecular complexity index is 1170. The number of benzene rings is 2. The van der Waals surface area contributed by atoms with Gasteiger partial charge in [0, 0.05) is 31.1 Å². The molecule has 2 aromatic rings. The number of amides is 2. The number of carbonyl (C=O) groups excluding carboxylic acids is 2. The normalized spacial score (nSPS) is 12.2. The van der Waals surface area contributed by atoms with Crippen molar-refractivity contribution in [3.8, 4) is 5.75 Å². The van der Waals surface area contributed by atoms with Crippen molar-refractivity contribution in [3.05, 3.63) is 58.1 Å². The topological polar surface area (TPSA) is 96.0 Å². The minimum atomic E-state index is -3.69. The van der Waals surface area contributed by atoms with Gasteiger partial charge in [0.2, 0.25) is 21.8 Å². The maximum absolute atomic E-state index is 13.3. The Morgan fingerprint density at radius 1 is 1.05 bits per heavy atom. The van der Waals surface area contributed by atoms with Crippen molar-refractivity contribution in [3.63, 3.8) is 0 Å². The summed E-state index contributed by atoms with van der Waals surface area (Å²) in [6.45, 7) is 6.41. The van der Waals surface area contributed by atoms with Gasteiger partial charge in [0.05, 0.1) is 24.1 Å². The highest BCUT2D eigenvalue weighted by molar-refractivity contribution is 7.92. The van der Waals surface area contributed by atoms with Gasteiger partial charge in [0.25, 0.3) is 0 Å². The fourth-order valence-electron chi connectivity index (χ4n) is 3.62. The summed E-state index contributed by atoms with van der Waals surface area (Å²) in [5, 5.41) is 3.46. The van der Waals surface area contributed by atoms with E-state index in [0.29, 0.717) is 17.3 Å². The van der Waals surface area contributed by atoms with E-state index in [0.717, 1.165) is 16.1 Å². The molecule has 0 spiro atoms. The summed E-state index contributed by atoms with van der Waals surface area (Å²) >= 11 is 12.3. The quantitative estimate of drug-likeness (QED) is 0.374. The van der Waals surface area contributed by atoms with Crippen molar-refractivity contribution in [2.24, 2.45) is 5.92 Å². The molecule has 0 saturated carbocycles. The molecular formula is C26H35Cl2N3O5S. The van der Waals surface area contributed by atoms with Gasteiger partial charge >= 0.3 is 0 Å². The molecule has 8 nitrogen and oxygen atoms in total. The van der Waals surface area contributed by atoms with Gasteiger partial charge in [-0.05, 0) is 55.2 Å². The van der Waals surface area contributed by atoms with Crippen LogP contribution in [0.5, 0.6) is 5.75 Å². The fourth-order valence-corrected chi connectivity index (χ4v) is 5.03. The van der Waals surface area contributed by atoms with E-state index in [-0.39, 0.29) is 54.4 Å². The summed E-state index contributed by atoms with van der Waals surface area (Å²) in [6, 6.07) is 11.1. The predicted molar refractivity (Wildman–Crippen MR) is 149 cm³/mol. The van der Waals surface area contributed by atoms with Crippen molar-refractivity contribution in [1.29, 1.82) is 0 Å². The smallest absolute Gasteiger partial charge is 0.242 e. The Morgan fingerprint density at radius 3 is 2.27 bits per heavy atom. The van der Waals surface area contributed by atoms with Gasteiger partial charge in [0.15, 0.2) is 0 Å². The first-order valence-corrected chi connectivity index (χ1v) is 14.6. The Hall–Kier alpha value is -2.49. The zero-order valence-electron chi connectivity index (χ0n) is 21.8. The van der Waals surface area contributed by atoms with Crippen LogP contribution < -0.4 is 14.4 Å². The highest BCUT2D eigenvalue weighted by atomic mass is 35.5. The molecule has 2 aromatic carbocycles. The highest BCUT2D eigenvalue weighted by Crippen LogP contribution is 2.31. The molecule has 0 aromatic heterocycles. The number of methoxy groups -OCH3 is 1. The number of carbonyl (C=O) groups is 2. The maximum Gasteiger partial charge on any atom is 0.242 e. The van der Waals surface area contributed by atoms with E-state index < -0.39 is 16.1 Å². The molecule has 2 rings (SSSR count). The van der Waals surface area contributed by atoms with Crippen LogP contribution in [-0.2, 0) is 26.2 Å². The van der Waals surface area contributed by atoms with Crippen LogP contribution >= 0.6 is 23.2 Å². The first kappa shape index (κ1) is 30.7. The second kappa shape index (κ2) is 13.9. The van der Waals surface area contributed by atoms with Crippen LogP contribution in [0.1, 0.15) is 39.2 Å². The van der Waals surface area contributed by atoms with Crippen molar-refractivity contribution in [2.75, 3.05) is 30.8 Å². The van der Waals surface area contributed by atoms with Crippen LogP contribution in [0.4, 0.5) is 5.69 Å². The second-order valence-corrected chi connectivity index (χ2v) is 12.0. The van der Waals surface area contributed by atoms with E-state index in [4.69, 9.17) is 27.9 Å². The summed E-state index contributed by atoms with van der Waals surface area (Å²) in [4.78, 5) is 27.7. The molecule has 0 radical (unpaired) electrons. The van der Waals surface area contributed by atoms with Crippen LogP contribution in [-0.4, -0.2) is 57.6 Å². The maximum atomic E-state index is 13.3. The summed E-state index contributed by atoms with van der Waals surface area (Å²) in [7, 11) is -2.11. The standard InChI is InChI=1S/C26H35Cl2N3O5S/c1-18(2)16-29-26(33)19(3)30(17-20-8-11-22(36-4)12-9-20)25(32)7-6-14-31(37(5,34)35)24-15-21(27)10-13-23(24)28/h8-13,15,18-19H,6-7,14,16-17H2,1-5H3,(H,29,33)/t19-/m1/s1. The fraction of sp³-hybridized carbons (Fsp3) is 0.462. The van der Waals surface area contributed by atoms with Crippen LogP contribution in [0, 0.1) is 5.92 Å². The molecule has 2 amide bonds. The van der Waals surface area contributed by atoms with Crippen molar-refractivity contribution >= 4 is 50.7 Å². The lowest BCUT2D eigenvalue weighted by atomic mass is 10.1. The van der Waals surface area contributed by atoms with E-state index in [9.17, 15) is 18.0 Å².